The number of hydrogen-bond donors (Lipinski definition) is 1. The van der Waals surface area contributed by atoms with Crippen LogP contribution in [0.25, 0.3) is 0 Å². The summed E-state index contributed by atoms with van der Waals surface area (Å²) < 4.78 is 10.8. The van der Waals surface area contributed by atoms with Crippen molar-refractivity contribution in [1.82, 2.24) is 10.2 Å². The van der Waals surface area contributed by atoms with Gasteiger partial charge in [-0.2, -0.15) is 0 Å². The Balaban J connectivity index is 2.06. The number of nitrogens with one attached hydrogen (secondary N) is 1. The van der Waals surface area contributed by atoms with Crippen LogP contribution in [-0.2, 0) is 22.6 Å². The fourth-order valence-corrected chi connectivity index (χ4v) is 3.33. The Morgan fingerprint density at radius 2 is 2.12 bits per heavy atom. The number of piperidine rings is 1. The van der Waals surface area contributed by atoms with E-state index in [9.17, 15) is 9.59 Å². The predicted molar refractivity (Wildman–Crippen MR) is 100 cm³/mol. The van der Waals surface area contributed by atoms with Crippen molar-refractivity contribution in [2.45, 2.75) is 32.7 Å². The molecule has 1 aliphatic heterocycles. The monoisotopic (exact) mass is 360 g/mol. The van der Waals surface area contributed by atoms with Crippen LogP contribution in [-0.4, -0.2) is 44.0 Å². The van der Waals surface area contributed by atoms with Gasteiger partial charge in [-0.25, -0.2) is 0 Å². The van der Waals surface area contributed by atoms with E-state index in [0.29, 0.717) is 31.0 Å². The van der Waals surface area contributed by atoms with E-state index in [2.05, 4.69) is 11.9 Å². The van der Waals surface area contributed by atoms with E-state index < -0.39 is 0 Å². The topological polar surface area (TPSA) is 67.9 Å². The molecule has 2 amide bonds. The van der Waals surface area contributed by atoms with E-state index in [1.54, 1.807) is 32.1 Å². The lowest BCUT2D eigenvalue weighted by Crippen LogP contribution is -2.44. The lowest BCUT2D eigenvalue weighted by molar-refractivity contribution is -0.134. The van der Waals surface area contributed by atoms with E-state index in [-0.39, 0.29) is 17.7 Å². The van der Waals surface area contributed by atoms with Crippen LogP contribution in [0.4, 0.5) is 0 Å². The van der Waals surface area contributed by atoms with Crippen LogP contribution in [0.15, 0.2) is 24.8 Å². The predicted octanol–water partition coefficient (Wildman–Crippen LogP) is 2.31. The highest BCUT2D eigenvalue weighted by Gasteiger charge is 2.26. The largest absolute Gasteiger partial charge is 0.493 e. The van der Waals surface area contributed by atoms with Gasteiger partial charge in [0.15, 0.2) is 11.5 Å². The van der Waals surface area contributed by atoms with Gasteiger partial charge in [-0.3, -0.25) is 9.59 Å². The van der Waals surface area contributed by atoms with E-state index in [1.165, 1.54) is 0 Å². The molecule has 0 spiro atoms. The molecule has 1 heterocycles. The van der Waals surface area contributed by atoms with Gasteiger partial charge in [-0.15, -0.1) is 6.58 Å². The van der Waals surface area contributed by atoms with Gasteiger partial charge < -0.3 is 19.7 Å². The third-order valence-electron chi connectivity index (χ3n) is 4.68. The molecule has 0 radical (unpaired) electrons. The number of amides is 2. The molecule has 2 rings (SSSR count). The minimum Gasteiger partial charge on any atom is -0.493 e. The summed E-state index contributed by atoms with van der Waals surface area (Å²) in [6.45, 7) is 6.95. The highest BCUT2D eigenvalue weighted by molar-refractivity contribution is 5.80. The van der Waals surface area contributed by atoms with Gasteiger partial charge >= 0.3 is 0 Å². The van der Waals surface area contributed by atoms with Gasteiger partial charge in [0.1, 0.15) is 0 Å². The Hall–Kier alpha value is -2.50. The molecule has 0 aromatic heterocycles. The fraction of sp³-hybridized carbons (Fsp3) is 0.500. The number of hydrogen-bond acceptors (Lipinski definition) is 4. The standard InChI is InChI=1S/C20H28N2O4/c1-5-7-16-10-15(11-18(25-3)19(16)26-4)12-21-20(24)17-8-6-9-22(13-17)14(2)23/h5,10-11,17H,1,6-9,12-13H2,2-4H3,(H,21,24). The van der Waals surface area contributed by atoms with Crippen LogP contribution in [0.3, 0.4) is 0 Å². The molecule has 142 valence electrons. The second-order valence-corrected chi connectivity index (χ2v) is 6.51. The molecule has 1 aliphatic rings. The van der Waals surface area contributed by atoms with Crippen molar-refractivity contribution in [2.24, 2.45) is 5.92 Å². The van der Waals surface area contributed by atoms with Crippen molar-refractivity contribution in [3.8, 4) is 11.5 Å². The van der Waals surface area contributed by atoms with Crippen molar-refractivity contribution < 1.29 is 19.1 Å². The zero-order valence-electron chi connectivity index (χ0n) is 15.8. The van der Waals surface area contributed by atoms with Crippen LogP contribution in [0, 0.1) is 5.92 Å². The Labute approximate surface area is 155 Å². The number of rotatable bonds is 7. The number of benzene rings is 1. The lowest BCUT2D eigenvalue weighted by atomic mass is 9.97. The molecule has 1 saturated heterocycles. The molecule has 1 unspecified atom stereocenters. The highest BCUT2D eigenvalue weighted by Crippen LogP contribution is 2.33. The quantitative estimate of drug-likeness (QED) is 0.758. The molecule has 0 bridgehead atoms. The average Bonchev–Trinajstić information content (AvgIpc) is 2.65. The Bertz CT molecular complexity index is 672. The van der Waals surface area contributed by atoms with Gasteiger partial charge in [0, 0.05) is 32.1 Å². The summed E-state index contributed by atoms with van der Waals surface area (Å²) in [5.74, 6) is 1.18. The molecule has 6 heteroatoms. The number of nitrogens with zero attached hydrogens (tertiary/aromatic N) is 1. The molecule has 1 fully saturated rings. The molecular formula is C20H28N2O4. The van der Waals surface area contributed by atoms with Crippen molar-refractivity contribution in [3.63, 3.8) is 0 Å². The zero-order valence-corrected chi connectivity index (χ0v) is 15.8. The van der Waals surface area contributed by atoms with Crippen LogP contribution in [0.5, 0.6) is 11.5 Å². The van der Waals surface area contributed by atoms with Gasteiger partial charge in [0.25, 0.3) is 0 Å². The van der Waals surface area contributed by atoms with Crippen LogP contribution < -0.4 is 14.8 Å². The Morgan fingerprint density at radius 3 is 2.73 bits per heavy atom. The number of carbonyl (C=O) groups is 2. The summed E-state index contributed by atoms with van der Waals surface area (Å²) in [7, 11) is 3.20. The third kappa shape index (κ3) is 4.77. The van der Waals surface area contributed by atoms with Crippen molar-refractivity contribution in [2.75, 3.05) is 27.3 Å². The normalized spacial score (nSPS) is 16.7. The van der Waals surface area contributed by atoms with Crippen molar-refractivity contribution in [3.05, 3.63) is 35.9 Å². The maximum absolute atomic E-state index is 12.5. The number of allylic oxidation sites excluding steroid dienone is 1. The van der Waals surface area contributed by atoms with E-state index in [1.807, 2.05) is 12.1 Å². The zero-order chi connectivity index (χ0) is 19.1. The fourth-order valence-electron chi connectivity index (χ4n) is 3.33. The van der Waals surface area contributed by atoms with E-state index in [4.69, 9.17) is 9.47 Å². The van der Waals surface area contributed by atoms with Gasteiger partial charge in [0.2, 0.25) is 11.8 Å². The molecule has 26 heavy (non-hydrogen) atoms. The van der Waals surface area contributed by atoms with E-state index >= 15 is 0 Å². The summed E-state index contributed by atoms with van der Waals surface area (Å²) in [4.78, 5) is 25.8. The van der Waals surface area contributed by atoms with Crippen LogP contribution in [0.1, 0.15) is 30.9 Å². The lowest BCUT2D eigenvalue weighted by Gasteiger charge is -2.31. The molecule has 0 aliphatic carbocycles. The molecule has 1 aromatic rings. The second kappa shape index (κ2) is 9.27. The molecular weight excluding hydrogens is 332 g/mol. The van der Waals surface area contributed by atoms with Gasteiger partial charge in [-0.1, -0.05) is 6.08 Å². The molecule has 0 saturated carbocycles. The number of ether oxygens (including phenoxy) is 2. The molecule has 1 atom stereocenters. The SMILES string of the molecule is C=CCc1cc(CNC(=O)C2CCCN(C(C)=O)C2)cc(OC)c1OC. The first-order chi connectivity index (χ1) is 12.5. The average molecular weight is 360 g/mol. The van der Waals surface area contributed by atoms with Crippen molar-refractivity contribution in [1.29, 1.82) is 0 Å². The summed E-state index contributed by atoms with van der Waals surface area (Å²) in [5.41, 5.74) is 1.90. The first-order valence-electron chi connectivity index (χ1n) is 8.88. The van der Waals surface area contributed by atoms with Crippen LogP contribution in [0.2, 0.25) is 0 Å². The summed E-state index contributed by atoms with van der Waals surface area (Å²) in [6, 6.07) is 3.86. The minimum atomic E-state index is -0.152. The number of methoxy groups -OCH3 is 2. The molecule has 1 N–H and O–H groups in total. The maximum atomic E-state index is 12.5. The smallest absolute Gasteiger partial charge is 0.225 e. The maximum Gasteiger partial charge on any atom is 0.225 e. The molecule has 1 aromatic carbocycles. The van der Waals surface area contributed by atoms with Gasteiger partial charge in [-0.05, 0) is 37.0 Å². The Kier molecular flexibility index (Phi) is 7.06. The molecule has 6 nitrogen and oxygen atoms in total. The first kappa shape index (κ1) is 19.8. The summed E-state index contributed by atoms with van der Waals surface area (Å²) in [6.07, 6.45) is 4.12. The minimum absolute atomic E-state index is 0.0176. The Morgan fingerprint density at radius 1 is 1.35 bits per heavy atom. The van der Waals surface area contributed by atoms with E-state index in [0.717, 1.165) is 30.5 Å². The van der Waals surface area contributed by atoms with Crippen molar-refractivity contribution >= 4 is 11.8 Å². The van der Waals surface area contributed by atoms with Gasteiger partial charge in [0.05, 0.1) is 20.1 Å². The summed E-state index contributed by atoms with van der Waals surface area (Å²) in [5, 5.41) is 2.99. The van der Waals surface area contributed by atoms with Crippen LogP contribution >= 0.6 is 0 Å². The summed E-state index contributed by atoms with van der Waals surface area (Å²) >= 11 is 0. The number of carbonyl (C=O) groups excluding carboxylic acids is 2. The highest BCUT2D eigenvalue weighted by atomic mass is 16.5. The number of likely N-dealkylation sites (tertiary alicyclic amines) is 1. The first-order valence-corrected chi connectivity index (χ1v) is 8.88. The third-order valence-corrected chi connectivity index (χ3v) is 4.68. The second-order valence-electron chi connectivity index (χ2n) is 6.51.